The van der Waals surface area contributed by atoms with E-state index in [0.717, 1.165) is 35.4 Å². The van der Waals surface area contributed by atoms with Crippen LogP contribution < -0.4 is 10.1 Å². The topological polar surface area (TPSA) is 69.0 Å². The molecule has 0 aliphatic rings. The zero-order valence-corrected chi connectivity index (χ0v) is 15.7. The number of aromatic nitrogens is 3. The fourth-order valence-corrected chi connectivity index (χ4v) is 2.70. The molecule has 3 rings (SSSR count). The van der Waals surface area contributed by atoms with Crippen LogP contribution in [0.25, 0.3) is 11.3 Å². The molecular formula is C21H24N4O2. The molecule has 140 valence electrons. The third kappa shape index (κ3) is 4.94. The molecule has 0 unspecified atom stereocenters. The highest BCUT2D eigenvalue weighted by Crippen LogP contribution is 2.18. The molecule has 0 saturated carbocycles. The largest absolute Gasteiger partial charge is 0.494 e. The Labute approximate surface area is 159 Å². The first kappa shape index (κ1) is 18.6. The van der Waals surface area contributed by atoms with Crippen molar-refractivity contribution in [1.29, 1.82) is 0 Å². The Morgan fingerprint density at radius 1 is 1.19 bits per heavy atom. The first-order valence-corrected chi connectivity index (χ1v) is 9.10. The number of benzene rings is 1. The Morgan fingerprint density at radius 3 is 2.70 bits per heavy atom. The molecule has 0 radical (unpaired) electrons. The lowest BCUT2D eigenvalue weighted by Gasteiger charge is -2.09. The molecule has 6 heteroatoms. The minimum Gasteiger partial charge on any atom is -0.494 e. The molecule has 2 aromatic heterocycles. The molecule has 0 aliphatic heterocycles. The number of aryl methyl sites for hydroxylation is 1. The fraction of sp³-hybridized carbons (Fsp3) is 0.286. The van der Waals surface area contributed by atoms with Gasteiger partial charge in [-0.05, 0) is 48.4 Å². The van der Waals surface area contributed by atoms with Crippen molar-refractivity contribution in [3.05, 3.63) is 66.1 Å². The monoisotopic (exact) mass is 364 g/mol. The Balaban J connectivity index is 1.58. The molecule has 6 nitrogen and oxygen atoms in total. The van der Waals surface area contributed by atoms with E-state index < -0.39 is 0 Å². The number of pyridine rings is 1. The maximum atomic E-state index is 12.4. The van der Waals surface area contributed by atoms with E-state index >= 15 is 0 Å². The van der Waals surface area contributed by atoms with Gasteiger partial charge in [0.2, 0.25) is 0 Å². The maximum Gasteiger partial charge on any atom is 0.251 e. The Bertz CT molecular complexity index is 887. The van der Waals surface area contributed by atoms with E-state index in [9.17, 15) is 4.79 Å². The summed E-state index contributed by atoms with van der Waals surface area (Å²) in [5, 5.41) is 7.11. The summed E-state index contributed by atoms with van der Waals surface area (Å²) in [6.07, 6.45) is 7.41. The van der Waals surface area contributed by atoms with Crippen LogP contribution in [0.1, 0.15) is 35.7 Å². The molecule has 1 amide bonds. The third-order valence-electron chi connectivity index (χ3n) is 4.25. The average molecular weight is 364 g/mol. The summed E-state index contributed by atoms with van der Waals surface area (Å²) < 4.78 is 7.42. The van der Waals surface area contributed by atoms with Crippen LogP contribution in [-0.2, 0) is 13.6 Å². The number of rotatable bonds is 8. The van der Waals surface area contributed by atoms with Gasteiger partial charge in [0.25, 0.3) is 5.91 Å². The molecule has 3 aromatic rings. The van der Waals surface area contributed by atoms with Crippen molar-refractivity contribution < 1.29 is 9.53 Å². The van der Waals surface area contributed by atoms with Gasteiger partial charge in [-0.2, -0.15) is 5.10 Å². The van der Waals surface area contributed by atoms with Crippen LogP contribution in [0.5, 0.6) is 5.75 Å². The summed E-state index contributed by atoms with van der Waals surface area (Å²) in [6, 6.07) is 11.2. The quantitative estimate of drug-likeness (QED) is 0.620. The molecule has 0 atom stereocenters. The number of ether oxygens (including phenoxy) is 1. The van der Waals surface area contributed by atoms with Gasteiger partial charge in [0.15, 0.2) is 0 Å². The SMILES string of the molecule is CCCCOc1ccc(C(=O)NCc2cncc(-c3ccnn3C)c2)cc1. The van der Waals surface area contributed by atoms with Gasteiger partial charge < -0.3 is 10.1 Å². The van der Waals surface area contributed by atoms with E-state index in [2.05, 4.69) is 22.3 Å². The van der Waals surface area contributed by atoms with Crippen LogP contribution in [0.3, 0.4) is 0 Å². The summed E-state index contributed by atoms with van der Waals surface area (Å²) in [7, 11) is 1.89. The number of nitrogens with one attached hydrogen (secondary N) is 1. The number of carbonyl (C=O) groups excluding carboxylic acids is 1. The molecule has 0 bridgehead atoms. The first-order chi connectivity index (χ1) is 13.2. The minimum atomic E-state index is -0.124. The molecule has 0 saturated heterocycles. The lowest BCUT2D eigenvalue weighted by atomic mass is 10.1. The lowest BCUT2D eigenvalue weighted by Crippen LogP contribution is -2.22. The normalized spacial score (nSPS) is 10.6. The zero-order chi connectivity index (χ0) is 19.1. The van der Waals surface area contributed by atoms with E-state index in [0.29, 0.717) is 18.7 Å². The Morgan fingerprint density at radius 2 is 2.00 bits per heavy atom. The number of unbranched alkanes of at least 4 members (excludes halogenated alkanes) is 1. The van der Waals surface area contributed by atoms with Crippen LogP contribution in [0.2, 0.25) is 0 Å². The van der Waals surface area contributed by atoms with Gasteiger partial charge in [-0.15, -0.1) is 0 Å². The Kier molecular flexibility index (Phi) is 6.20. The van der Waals surface area contributed by atoms with Gasteiger partial charge in [0.1, 0.15) is 5.75 Å². The van der Waals surface area contributed by atoms with Crippen LogP contribution in [0, 0.1) is 0 Å². The Hall–Kier alpha value is -3.15. The lowest BCUT2D eigenvalue weighted by molar-refractivity contribution is 0.0951. The molecule has 0 fully saturated rings. The molecular weight excluding hydrogens is 340 g/mol. The molecule has 27 heavy (non-hydrogen) atoms. The van der Waals surface area contributed by atoms with Crippen molar-refractivity contribution in [3.8, 4) is 17.0 Å². The summed E-state index contributed by atoms with van der Waals surface area (Å²) in [5.41, 5.74) is 3.49. The zero-order valence-electron chi connectivity index (χ0n) is 15.7. The van der Waals surface area contributed by atoms with Crippen LogP contribution >= 0.6 is 0 Å². The van der Waals surface area contributed by atoms with E-state index in [1.807, 2.05) is 31.3 Å². The minimum absolute atomic E-state index is 0.124. The highest BCUT2D eigenvalue weighted by atomic mass is 16.5. The van der Waals surface area contributed by atoms with Crippen molar-refractivity contribution in [2.24, 2.45) is 7.05 Å². The summed E-state index contributed by atoms with van der Waals surface area (Å²) in [6.45, 7) is 3.23. The predicted octanol–water partition coefficient (Wildman–Crippen LogP) is 3.59. The van der Waals surface area contributed by atoms with Gasteiger partial charge in [0.05, 0.1) is 12.3 Å². The van der Waals surface area contributed by atoms with Crippen molar-refractivity contribution in [1.82, 2.24) is 20.1 Å². The van der Waals surface area contributed by atoms with Crippen LogP contribution in [0.15, 0.2) is 55.0 Å². The smallest absolute Gasteiger partial charge is 0.251 e. The summed E-state index contributed by atoms with van der Waals surface area (Å²) in [5.74, 6) is 0.661. The predicted molar refractivity (Wildman–Crippen MR) is 104 cm³/mol. The van der Waals surface area contributed by atoms with Crippen molar-refractivity contribution in [2.45, 2.75) is 26.3 Å². The van der Waals surface area contributed by atoms with Gasteiger partial charge >= 0.3 is 0 Å². The van der Waals surface area contributed by atoms with Crippen molar-refractivity contribution in [3.63, 3.8) is 0 Å². The van der Waals surface area contributed by atoms with Gasteiger partial charge in [0, 0.05) is 43.3 Å². The van der Waals surface area contributed by atoms with Crippen LogP contribution in [-0.4, -0.2) is 27.3 Å². The van der Waals surface area contributed by atoms with E-state index in [1.54, 1.807) is 35.4 Å². The van der Waals surface area contributed by atoms with E-state index in [1.165, 1.54) is 0 Å². The second-order valence-electron chi connectivity index (χ2n) is 6.33. The highest BCUT2D eigenvalue weighted by Gasteiger charge is 2.08. The van der Waals surface area contributed by atoms with E-state index in [4.69, 9.17) is 4.74 Å². The fourth-order valence-electron chi connectivity index (χ4n) is 2.70. The highest BCUT2D eigenvalue weighted by molar-refractivity contribution is 5.94. The molecule has 2 heterocycles. The van der Waals surface area contributed by atoms with Gasteiger partial charge in [-0.25, -0.2) is 0 Å². The van der Waals surface area contributed by atoms with E-state index in [-0.39, 0.29) is 5.91 Å². The van der Waals surface area contributed by atoms with Gasteiger partial charge in [-0.1, -0.05) is 13.3 Å². The number of amides is 1. The molecule has 0 aliphatic carbocycles. The number of nitrogens with zero attached hydrogens (tertiary/aromatic N) is 3. The average Bonchev–Trinajstić information content (AvgIpc) is 3.13. The third-order valence-corrected chi connectivity index (χ3v) is 4.25. The molecule has 1 aromatic carbocycles. The van der Waals surface area contributed by atoms with Crippen molar-refractivity contribution in [2.75, 3.05) is 6.61 Å². The summed E-state index contributed by atoms with van der Waals surface area (Å²) >= 11 is 0. The van der Waals surface area contributed by atoms with Crippen molar-refractivity contribution >= 4 is 5.91 Å². The number of hydrogen-bond acceptors (Lipinski definition) is 4. The second-order valence-corrected chi connectivity index (χ2v) is 6.33. The first-order valence-electron chi connectivity index (χ1n) is 9.10. The molecule has 0 spiro atoms. The maximum absolute atomic E-state index is 12.4. The number of carbonyl (C=O) groups is 1. The van der Waals surface area contributed by atoms with Gasteiger partial charge in [-0.3, -0.25) is 14.5 Å². The molecule has 1 N–H and O–H groups in total. The second kappa shape index (κ2) is 8.98. The number of hydrogen-bond donors (Lipinski definition) is 1. The van der Waals surface area contributed by atoms with Crippen LogP contribution in [0.4, 0.5) is 0 Å². The standard InChI is InChI=1S/C21H24N4O2/c1-3-4-11-27-19-7-5-17(6-8-19)21(26)23-14-16-12-18(15-22-13-16)20-9-10-24-25(20)2/h5-10,12-13,15H,3-4,11,14H2,1-2H3,(H,23,26). The summed E-state index contributed by atoms with van der Waals surface area (Å²) in [4.78, 5) is 16.6.